The van der Waals surface area contributed by atoms with Gasteiger partial charge in [0.1, 0.15) is 5.82 Å². The van der Waals surface area contributed by atoms with Crippen molar-refractivity contribution in [1.29, 1.82) is 0 Å². The van der Waals surface area contributed by atoms with Crippen molar-refractivity contribution in [3.63, 3.8) is 0 Å². The molecule has 1 amide bonds. The molecule has 0 aliphatic carbocycles. The van der Waals surface area contributed by atoms with Gasteiger partial charge in [0.2, 0.25) is 11.8 Å². The predicted octanol–water partition coefficient (Wildman–Crippen LogP) is 2.46. The van der Waals surface area contributed by atoms with Crippen LogP contribution >= 0.6 is 11.8 Å². The number of fused-ring (bicyclic) bond motifs is 2. The molecule has 202 valence electrons. The first-order valence-corrected chi connectivity index (χ1v) is 13.9. The molecule has 2 aliphatic heterocycles. The molecule has 3 aromatic rings. The lowest BCUT2D eigenvalue weighted by Gasteiger charge is -2.38. The standard InChI is InChI=1S/C27H33N5O5S/c1-36-25-9-7-21-26(32-25)16(10-11-28-21)2-4-19-5-6-20(22(37-19)12-18(34)14-33)29-13-17-3-8-23-27(30-17)31-24(35)15-38-23/h3,7-11,18-20,22,29,33-34H,2,4-6,12-15H2,1H3,(H,30,31,35)/t18?,19-,20-,22-/m1/s1. The number of carbonyl (C=O) groups is 1. The highest BCUT2D eigenvalue weighted by atomic mass is 32.2. The van der Waals surface area contributed by atoms with Gasteiger partial charge in [0.15, 0.2) is 0 Å². The van der Waals surface area contributed by atoms with Gasteiger partial charge < -0.3 is 30.3 Å². The lowest BCUT2D eigenvalue weighted by molar-refractivity contribution is -0.113. The van der Waals surface area contributed by atoms with Gasteiger partial charge in [-0.15, -0.1) is 11.8 Å². The number of aromatic nitrogens is 3. The Morgan fingerprint density at radius 1 is 1.24 bits per heavy atom. The number of carbonyl (C=O) groups excluding carboxylic acids is 1. The first-order valence-electron chi connectivity index (χ1n) is 12.9. The third-order valence-electron chi connectivity index (χ3n) is 7.00. The SMILES string of the molecule is COc1ccc2nccc(CC[C@@H]3CC[C@@H](NCc4ccc5c(n4)NC(=O)CS5)[C@@H](CC(O)CO)O3)c2n1. The molecule has 0 aromatic carbocycles. The summed E-state index contributed by atoms with van der Waals surface area (Å²) in [6.45, 7) is 0.201. The average molecular weight is 540 g/mol. The van der Waals surface area contributed by atoms with E-state index in [4.69, 9.17) is 9.47 Å². The van der Waals surface area contributed by atoms with Crippen LogP contribution in [-0.4, -0.2) is 74.9 Å². The van der Waals surface area contributed by atoms with Crippen molar-refractivity contribution >= 4 is 34.5 Å². The number of rotatable bonds is 10. The molecule has 3 aromatic heterocycles. The number of ether oxygens (including phenoxy) is 2. The Morgan fingerprint density at radius 2 is 2.13 bits per heavy atom. The Kier molecular flexibility index (Phi) is 8.70. The van der Waals surface area contributed by atoms with Crippen molar-refractivity contribution in [2.45, 2.75) is 67.9 Å². The monoisotopic (exact) mass is 539 g/mol. The fraction of sp³-hybridized carbons (Fsp3) is 0.481. The molecule has 2 aliphatic rings. The quantitative estimate of drug-likeness (QED) is 0.304. The number of aliphatic hydroxyl groups is 2. The smallest absolute Gasteiger partial charge is 0.235 e. The van der Waals surface area contributed by atoms with E-state index in [0.29, 0.717) is 30.4 Å². The first-order chi connectivity index (χ1) is 18.5. The van der Waals surface area contributed by atoms with Crippen LogP contribution in [0.5, 0.6) is 5.88 Å². The van der Waals surface area contributed by atoms with E-state index in [-0.39, 0.29) is 30.8 Å². The minimum Gasteiger partial charge on any atom is -0.481 e. The van der Waals surface area contributed by atoms with Crippen LogP contribution in [0.4, 0.5) is 5.82 Å². The molecule has 10 nitrogen and oxygen atoms in total. The van der Waals surface area contributed by atoms with Gasteiger partial charge in [-0.25, -0.2) is 9.97 Å². The Balaban J connectivity index is 1.22. The van der Waals surface area contributed by atoms with Gasteiger partial charge in [0, 0.05) is 31.3 Å². The highest BCUT2D eigenvalue weighted by Crippen LogP contribution is 2.30. The maximum atomic E-state index is 11.7. The Hall–Kier alpha value is -2.83. The molecule has 4 atom stereocenters. The van der Waals surface area contributed by atoms with Gasteiger partial charge in [0.25, 0.3) is 0 Å². The van der Waals surface area contributed by atoms with Crippen LogP contribution < -0.4 is 15.4 Å². The van der Waals surface area contributed by atoms with Crippen molar-refractivity contribution < 1.29 is 24.5 Å². The number of methoxy groups -OCH3 is 1. The predicted molar refractivity (Wildman–Crippen MR) is 144 cm³/mol. The van der Waals surface area contributed by atoms with Crippen molar-refractivity contribution in [2.24, 2.45) is 0 Å². The summed E-state index contributed by atoms with van der Waals surface area (Å²) in [5.74, 6) is 1.53. The molecule has 5 rings (SSSR count). The second-order valence-corrected chi connectivity index (χ2v) is 10.7. The highest BCUT2D eigenvalue weighted by Gasteiger charge is 2.32. The number of pyridine rings is 3. The molecule has 1 unspecified atom stereocenters. The molecule has 38 heavy (non-hydrogen) atoms. The number of hydrogen-bond acceptors (Lipinski definition) is 10. The third-order valence-corrected chi connectivity index (χ3v) is 8.04. The fourth-order valence-electron chi connectivity index (χ4n) is 5.00. The molecular weight excluding hydrogens is 506 g/mol. The fourth-order valence-corrected chi connectivity index (χ4v) is 5.76. The van der Waals surface area contributed by atoms with Gasteiger partial charge in [-0.2, -0.15) is 0 Å². The van der Waals surface area contributed by atoms with Crippen molar-refractivity contribution in [3.05, 3.63) is 47.8 Å². The molecule has 11 heteroatoms. The Labute approximate surface area is 225 Å². The minimum absolute atomic E-state index is 0.00179. The molecule has 0 saturated carbocycles. The number of amides is 1. The molecule has 0 spiro atoms. The lowest BCUT2D eigenvalue weighted by Crippen LogP contribution is -2.48. The van der Waals surface area contributed by atoms with Gasteiger partial charge >= 0.3 is 0 Å². The zero-order valence-electron chi connectivity index (χ0n) is 21.3. The van der Waals surface area contributed by atoms with E-state index in [0.717, 1.165) is 52.9 Å². The topological polar surface area (TPSA) is 139 Å². The second-order valence-electron chi connectivity index (χ2n) is 9.65. The summed E-state index contributed by atoms with van der Waals surface area (Å²) in [6, 6.07) is 9.65. The number of anilines is 1. The highest BCUT2D eigenvalue weighted by molar-refractivity contribution is 8.00. The summed E-state index contributed by atoms with van der Waals surface area (Å²) in [6.07, 6.45) is 4.38. The van der Waals surface area contributed by atoms with E-state index < -0.39 is 6.10 Å². The molecular formula is C27H33N5O5S. The zero-order chi connectivity index (χ0) is 26.5. The van der Waals surface area contributed by atoms with E-state index in [1.165, 1.54) is 11.8 Å². The number of thioether (sulfide) groups is 1. The average Bonchev–Trinajstić information content (AvgIpc) is 2.94. The van der Waals surface area contributed by atoms with Crippen LogP contribution in [-0.2, 0) is 22.5 Å². The van der Waals surface area contributed by atoms with Crippen LogP contribution in [0.2, 0.25) is 0 Å². The van der Waals surface area contributed by atoms with Crippen LogP contribution in [0.1, 0.15) is 36.9 Å². The summed E-state index contributed by atoms with van der Waals surface area (Å²) in [7, 11) is 1.60. The van der Waals surface area contributed by atoms with Crippen molar-refractivity contribution in [3.8, 4) is 5.88 Å². The van der Waals surface area contributed by atoms with Crippen LogP contribution in [0, 0.1) is 0 Å². The second kappa shape index (κ2) is 12.4. The van der Waals surface area contributed by atoms with E-state index in [9.17, 15) is 15.0 Å². The van der Waals surface area contributed by atoms with E-state index >= 15 is 0 Å². The van der Waals surface area contributed by atoms with E-state index in [1.807, 2.05) is 30.3 Å². The maximum absolute atomic E-state index is 11.7. The van der Waals surface area contributed by atoms with E-state index in [2.05, 4.69) is 25.6 Å². The molecule has 4 N–H and O–H groups in total. The number of hydrogen-bond donors (Lipinski definition) is 4. The number of nitrogens with one attached hydrogen (secondary N) is 2. The summed E-state index contributed by atoms with van der Waals surface area (Å²) < 4.78 is 11.8. The van der Waals surface area contributed by atoms with Crippen LogP contribution in [0.25, 0.3) is 11.0 Å². The van der Waals surface area contributed by atoms with Gasteiger partial charge in [-0.3, -0.25) is 9.78 Å². The van der Waals surface area contributed by atoms with Crippen LogP contribution in [0.3, 0.4) is 0 Å². The summed E-state index contributed by atoms with van der Waals surface area (Å²) in [5.41, 5.74) is 3.58. The lowest BCUT2D eigenvalue weighted by atomic mass is 9.92. The zero-order valence-corrected chi connectivity index (χ0v) is 22.1. The minimum atomic E-state index is -0.849. The van der Waals surface area contributed by atoms with Gasteiger partial charge in [-0.1, -0.05) is 0 Å². The number of nitrogens with zero attached hydrogens (tertiary/aromatic N) is 3. The summed E-state index contributed by atoms with van der Waals surface area (Å²) >= 11 is 1.49. The normalized spacial score (nSPS) is 22.1. The van der Waals surface area contributed by atoms with E-state index in [1.54, 1.807) is 13.3 Å². The summed E-state index contributed by atoms with van der Waals surface area (Å²) in [5, 5.41) is 26.0. The molecule has 1 fully saturated rings. The van der Waals surface area contributed by atoms with Crippen molar-refractivity contribution in [1.82, 2.24) is 20.3 Å². The van der Waals surface area contributed by atoms with Gasteiger partial charge in [-0.05, 0) is 55.5 Å². The van der Waals surface area contributed by atoms with Gasteiger partial charge in [0.05, 0.1) is 59.4 Å². The molecule has 0 bridgehead atoms. The third kappa shape index (κ3) is 6.41. The Bertz CT molecular complexity index is 1280. The molecule has 5 heterocycles. The molecule has 0 radical (unpaired) electrons. The number of aryl methyl sites for hydroxylation is 1. The van der Waals surface area contributed by atoms with Crippen molar-refractivity contribution in [2.75, 3.05) is 24.8 Å². The number of aliphatic hydroxyl groups excluding tert-OH is 2. The molecule has 1 saturated heterocycles. The largest absolute Gasteiger partial charge is 0.481 e. The van der Waals surface area contributed by atoms with Crippen LogP contribution in [0.15, 0.2) is 41.4 Å². The summed E-state index contributed by atoms with van der Waals surface area (Å²) in [4.78, 5) is 26.3. The maximum Gasteiger partial charge on any atom is 0.235 e. The first kappa shape index (κ1) is 26.8. The Morgan fingerprint density at radius 3 is 2.97 bits per heavy atom.